The van der Waals surface area contributed by atoms with Crippen molar-refractivity contribution < 1.29 is 18.4 Å². The lowest BCUT2D eigenvalue weighted by Crippen LogP contribution is -2.45. The van der Waals surface area contributed by atoms with Crippen LogP contribution in [-0.2, 0) is 11.2 Å². The van der Waals surface area contributed by atoms with Crippen molar-refractivity contribution >= 4 is 5.91 Å². The van der Waals surface area contributed by atoms with E-state index in [1.165, 1.54) is 0 Å². The highest BCUT2D eigenvalue weighted by atomic mass is 19.1. The molecular formula is C16H19FN4O3. The van der Waals surface area contributed by atoms with Crippen LogP contribution in [0.3, 0.4) is 0 Å². The van der Waals surface area contributed by atoms with Crippen LogP contribution < -0.4 is 4.74 Å². The highest BCUT2D eigenvalue weighted by molar-refractivity contribution is 5.79. The Morgan fingerprint density at radius 2 is 2.17 bits per heavy atom. The molecule has 1 atom stereocenters. The van der Waals surface area contributed by atoms with Crippen molar-refractivity contribution in [2.75, 3.05) is 13.1 Å². The molecule has 1 aliphatic heterocycles. The van der Waals surface area contributed by atoms with Crippen molar-refractivity contribution in [2.45, 2.75) is 39.2 Å². The van der Waals surface area contributed by atoms with Crippen molar-refractivity contribution in [1.29, 1.82) is 0 Å². The summed E-state index contributed by atoms with van der Waals surface area (Å²) < 4.78 is 23.6. The van der Waals surface area contributed by atoms with Crippen LogP contribution in [-0.4, -0.2) is 45.1 Å². The fraction of sp³-hybridized carbons (Fsp3) is 0.500. The van der Waals surface area contributed by atoms with E-state index < -0.39 is 5.82 Å². The molecule has 0 radical (unpaired) electrons. The predicted octanol–water partition coefficient (Wildman–Crippen LogP) is 1.83. The number of rotatable bonds is 4. The van der Waals surface area contributed by atoms with E-state index >= 15 is 0 Å². The Hall–Kier alpha value is -2.51. The van der Waals surface area contributed by atoms with Gasteiger partial charge in [-0.1, -0.05) is 5.16 Å². The number of halogens is 1. The van der Waals surface area contributed by atoms with Crippen LogP contribution in [0, 0.1) is 19.7 Å². The van der Waals surface area contributed by atoms with Gasteiger partial charge >= 0.3 is 6.01 Å². The van der Waals surface area contributed by atoms with E-state index in [2.05, 4.69) is 15.1 Å². The van der Waals surface area contributed by atoms with Crippen LogP contribution in [0.15, 0.2) is 16.9 Å². The Labute approximate surface area is 138 Å². The summed E-state index contributed by atoms with van der Waals surface area (Å²) in [6, 6.07) is 0.126. The number of nitrogens with zero attached hydrogens (tertiary/aromatic N) is 4. The molecule has 1 fully saturated rings. The summed E-state index contributed by atoms with van der Waals surface area (Å²) in [5.74, 6) is 0.172. The van der Waals surface area contributed by atoms with Crippen LogP contribution in [0.5, 0.6) is 6.01 Å². The molecule has 128 valence electrons. The minimum Gasteiger partial charge on any atom is -0.458 e. The number of carbonyl (C=O) groups excluding carboxylic acids is 1. The molecule has 3 heterocycles. The van der Waals surface area contributed by atoms with Gasteiger partial charge < -0.3 is 14.2 Å². The molecule has 1 saturated heterocycles. The SMILES string of the molecule is Cc1noc(C)c1CC(=O)N1CCC[C@H](Oc2ncc(F)cn2)C1. The van der Waals surface area contributed by atoms with Gasteiger partial charge in [-0.15, -0.1) is 0 Å². The summed E-state index contributed by atoms with van der Waals surface area (Å²) >= 11 is 0. The second-order valence-electron chi connectivity index (χ2n) is 5.89. The number of hydrogen-bond acceptors (Lipinski definition) is 6. The fourth-order valence-electron chi connectivity index (χ4n) is 2.79. The van der Waals surface area contributed by atoms with Gasteiger partial charge in [0, 0.05) is 12.1 Å². The Balaban J connectivity index is 1.60. The Morgan fingerprint density at radius 1 is 1.42 bits per heavy atom. The third-order valence-electron chi connectivity index (χ3n) is 4.11. The molecule has 1 aliphatic rings. The molecule has 0 aromatic carbocycles. The smallest absolute Gasteiger partial charge is 0.316 e. The van der Waals surface area contributed by atoms with Gasteiger partial charge in [-0.05, 0) is 26.7 Å². The van der Waals surface area contributed by atoms with Crippen LogP contribution in [0.1, 0.15) is 29.9 Å². The molecule has 3 rings (SSSR count). The van der Waals surface area contributed by atoms with E-state index in [1.54, 1.807) is 11.8 Å². The predicted molar refractivity (Wildman–Crippen MR) is 81.9 cm³/mol. The maximum Gasteiger partial charge on any atom is 0.316 e. The van der Waals surface area contributed by atoms with Crippen molar-refractivity contribution in [3.63, 3.8) is 0 Å². The summed E-state index contributed by atoms with van der Waals surface area (Å²) in [6.07, 6.45) is 3.82. The van der Waals surface area contributed by atoms with Crippen LogP contribution in [0.25, 0.3) is 0 Å². The van der Waals surface area contributed by atoms with Gasteiger partial charge in [0.15, 0.2) is 5.82 Å². The van der Waals surface area contributed by atoms with Gasteiger partial charge in [-0.2, -0.15) is 0 Å². The van der Waals surface area contributed by atoms with Crippen molar-refractivity contribution in [1.82, 2.24) is 20.0 Å². The first-order valence-electron chi connectivity index (χ1n) is 7.86. The topological polar surface area (TPSA) is 81.4 Å². The third-order valence-corrected chi connectivity index (χ3v) is 4.11. The standard InChI is InChI=1S/C16H19FN4O3/c1-10-14(11(2)24-20-10)6-15(22)21-5-3-4-13(9-21)23-16-18-7-12(17)8-19-16/h7-8,13H,3-6,9H2,1-2H3/t13-/m0/s1. The molecule has 2 aromatic rings. The minimum absolute atomic E-state index is 0.0118. The number of amides is 1. The third kappa shape index (κ3) is 3.69. The number of hydrogen-bond donors (Lipinski definition) is 0. The first kappa shape index (κ1) is 16.4. The maximum absolute atomic E-state index is 12.8. The fourth-order valence-corrected chi connectivity index (χ4v) is 2.79. The molecule has 0 saturated carbocycles. The molecule has 0 aliphatic carbocycles. The average Bonchev–Trinajstić information content (AvgIpc) is 2.89. The van der Waals surface area contributed by atoms with Crippen molar-refractivity contribution in [3.8, 4) is 6.01 Å². The zero-order chi connectivity index (χ0) is 17.1. The van der Waals surface area contributed by atoms with Gasteiger partial charge in [-0.3, -0.25) is 4.79 Å². The number of carbonyl (C=O) groups is 1. The molecular weight excluding hydrogens is 315 g/mol. The van der Waals surface area contributed by atoms with Gasteiger partial charge in [0.05, 0.1) is 31.1 Å². The van der Waals surface area contributed by atoms with Crippen molar-refractivity contribution in [2.24, 2.45) is 0 Å². The zero-order valence-electron chi connectivity index (χ0n) is 13.7. The van der Waals surface area contributed by atoms with Gasteiger partial charge in [0.2, 0.25) is 5.91 Å². The highest BCUT2D eigenvalue weighted by Crippen LogP contribution is 2.18. The molecule has 0 N–H and O–H groups in total. The van der Waals surface area contributed by atoms with Crippen LogP contribution in [0.4, 0.5) is 4.39 Å². The molecule has 0 unspecified atom stereocenters. The minimum atomic E-state index is -0.512. The molecule has 7 nitrogen and oxygen atoms in total. The lowest BCUT2D eigenvalue weighted by atomic mass is 10.1. The number of likely N-dealkylation sites (tertiary alicyclic amines) is 1. The van der Waals surface area contributed by atoms with E-state index in [1.807, 2.05) is 6.92 Å². The Bertz CT molecular complexity index is 697. The van der Waals surface area contributed by atoms with E-state index in [9.17, 15) is 9.18 Å². The second kappa shape index (κ2) is 6.94. The molecule has 2 aromatic heterocycles. The molecule has 24 heavy (non-hydrogen) atoms. The van der Waals surface area contributed by atoms with Crippen molar-refractivity contribution in [3.05, 3.63) is 35.2 Å². The summed E-state index contributed by atoms with van der Waals surface area (Å²) in [7, 11) is 0. The summed E-state index contributed by atoms with van der Waals surface area (Å²) in [5, 5.41) is 3.87. The van der Waals surface area contributed by atoms with Gasteiger partial charge in [0.25, 0.3) is 0 Å². The number of piperidine rings is 1. The molecule has 8 heteroatoms. The van der Waals surface area contributed by atoms with E-state index in [0.717, 1.165) is 36.5 Å². The molecule has 0 spiro atoms. The highest BCUT2D eigenvalue weighted by Gasteiger charge is 2.26. The Morgan fingerprint density at radius 3 is 2.83 bits per heavy atom. The quantitative estimate of drug-likeness (QED) is 0.848. The van der Waals surface area contributed by atoms with E-state index in [0.29, 0.717) is 18.8 Å². The number of aromatic nitrogens is 3. The summed E-state index contributed by atoms with van der Waals surface area (Å²) in [4.78, 5) is 21.9. The monoisotopic (exact) mass is 334 g/mol. The lowest BCUT2D eigenvalue weighted by Gasteiger charge is -2.32. The summed E-state index contributed by atoms with van der Waals surface area (Å²) in [6.45, 7) is 4.78. The first-order chi connectivity index (χ1) is 11.5. The molecule has 1 amide bonds. The molecule has 0 bridgehead atoms. The first-order valence-corrected chi connectivity index (χ1v) is 7.86. The number of ether oxygens (including phenoxy) is 1. The van der Waals surface area contributed by atoms with Gasteiger partial charge in [0.1, 0.15) is 11.9 Å². The van der Waals surface area contributed by atoms with Crippen LogP contribution in [0.2, 0.25) is 0 Å². The number of aryl methyl sites for hydroxylation is 2. The largest absolute Gasteiger partial charge is 0.458 e. The lowest BCUT2D eigenvalue weighted by molar-refractivity contribution is -0.133. The summed E-state index contributed by atoms with van der Waals surface area (Å²) in [5.41, 5.74) is 1.58. The van der Waals surface area contributed by atoms with Crippen LogP contribution >= 0.6 is 0 Å². The zero-order valence-corrected chi connectivity index (χ0v) is 13.7. The van der Waals surface area contributed by atoms with E-state index in [4.69, 9.17) is 9.26 Å². The van der Waals surface area contributed by atoms with Gasteiger partial charge in [-0.25, -0.2) is 14.4 Å². The Kier molecular flexibility index (Phi) is 4.73. The maximum atomic E-state index is 12.8. The van der Waals surface area contributed by atoms with E-state index in [-0.39, 0.29) is 24.4 Å². The average molecular weight is 334 g/mol. The second-order valence-corrected chi connectivity index (χ2v) is 5.89. The normalized spacial score (nSPS) is 17.8.